The number of fused-ring (bicyclic) bond motifs is 4. The monoisotopic (exact) mass is 437 g/mol. The molecule has 6 heteroatoms. The van der Waals surface area contributed by atoms with E-state index in [1.165, 1.54) is 15.9 Å². The molecule has 3 aliphatic heterocycles. The van der Waals surface area contributed by atoms with Gasteiger partial charge in [-0.15, -0.1) is 23.5 Å². The Morgan fingerprint density at radius 2 is 1.23 bits per heavy atom. The maximum atomic E-state index is 13.8. The second kappa shape index (κ2) is 5.95. The van der Waals surface area contributed by atoms with Crippen molar-refractivity contribution in [3.8, 4) is 5.75 Å². The van der Waals surface area contributed by atoms with Crippen LogP contribution in [0, 0.1) is 0 Å². The van der Waals surface area contributed by atoms with E-state index in [0.717, 1.165) is 27.2 Å². The molecule has 0 saturated carbocycles. The van der Waals surface area contributed by atoms with Crippen molar-refractivity contribution >= 4 is 41.0 Å². The zero-order valence-electron chi connectivity index (χ0n) is 17.8. The molecule has 0 radical (unpaired) electrons. The highest BCUT2D eigenvalue weighted by molar-refractivity contribution is 8.09. The van der Waals surface area contributed by atoms with Crippen LogP contribution in [0.15, 0.2) is 67.5 Å². The normalized spacial score (nSPS) is 30.7. The lowest BCUT2D eigenvalue weighted by Crippen LogP contribution is -2.48. The molecule has 154 valence electrons. The number of carbonyl (C=O) groups excluding carboxylic acids is 2. The minimum Gasteiger partial charge on any atom is -0.506 e. The highest BCUT2D eigenvalue weighted by Crippen LogP contribution is 2.70. The van der Waals surface area contributed by atoms with E-state index in [9.17, 15) is 14.7 Å². The van der Waals surface area contributed by atoms with Crippen LogP contribution in [0.25, 0.3) is 0 Å². The number of para-hydroxylation sites is 2. The van der Waals surface area contributed by atoms with Crippen LogP contribution in [0.5, 0.6) is 5.75 Å². The number of phenols is 1. The van der Waals surface area contributed by atoms with Crippen molar-refractivity contribution in [2.24, 2.45) is 0 Å². The van der Waals surface area contributed by atoms with Gasteiger partial charge in [-0.3, -0.25) is 9.59 Å². The first-order valence-electron chi connectivity index (χ1n) is 9.95. The number of benzene rings is 1. The van der Waals surface area contributed by atoms with Gasteiger partial charge in [-0.2, -0.15) is 0 Å². The molecule has 1 aromatic rings. The lowest BCUT2D eigenvalue weighted by molar-refractivity contribution is -0.119. The molecule has 5 rings (SSSR count). The molecule has 1 aliphatic carbocycles. The number of imide groups is 1. The molecule has 30 heavy (non-hydrogen) atoms. The lowest BCUT2D eigenvalue weighted by Gasteiger charge is -2.46. The van der Waals surface area contributed by atoms with Gasteiger partial charge in [-0.25, -0.2) is 4.90 Å². The first-order chi connectivity index (χ1) is 14.0. The van der Waals surface area contributed by atoms with Crippen molar-refractivity contribution in [2.45, 2.75) is 51.0 Å². The topological polar surface area (TPSA) is 57.6 Å². The van der Waals surface area contributed by atoms with Gasteiger partial charge in [-0.1, -0.05) is 12.1 Å². The summed E-state index contributed by atoms with van der Waals surface area (Å²) in [5.74, 6) is -0.762. The minimum atomic E-state index is -0.357. The molecule has 0 spiro atoms. The van der Waals surface area contributed by atoms with Crippen LogP contribution in [0.2, 0.25) is 0 Å². The summed E-state index contributed by atoms with van der Waals surface area (Å²) in [6.45, 7) is 12.7. The molecule has 2 unspecified atom stereocenters. The van der Waals surface area contributed by atoms with Crippen molar-refractivity contribution in [1.29, 1.82) is 0 Å². The molecule has 4 aliphatic rings. The summed E-state index contributed by atoms with van der Waals surface area (Å²) >= 11 is 3.60. The van der Waals surface area contributed by atoms with Gasteiger partial charge in [0.25, 0.3) is 11.8 Å². The zero-order chi connectivity index (χ0) is 21.7. The van der Waals surface area contributed by atoms with E-state index in [2.05, 4.69) is 41.5 Å². The van der Waals surface area contributed by atoms with Crippen molar-refractivity contribution < 1.29 is 14.7 Å². The van der Waals surface area contributed by atoms with Gasteiger partial charge >= 0.3 is 0 Å². The third kappa shape index (κ3) is 2.06. The molecule has 2 atom stereocenters. The number of carbonyl (C=O) groups is 2. The van der Waals surface area contributed by atoms with Crippen LogP contribution < -0.4 is 4.90 Å². The van der Waals surface area contributed by atoms with Gasteiger partial charge in [0.1, 0.15) is 5.75 Å². The summed E-state index contributed by atoms with van der Waals surface area (Å²) in [5.41, 5.74) is 5.36. The van der Waals surface area contributed by atoms with E-state index in [1.54, 1.807) is 41.7 Å². The molecule has 2 amide bonds. The second-order valence-electron chi connectivity index (χ2n) is 8.57. The Hall–Kier alpha value is -2.18. The highest BCUT2D eigenvalue weighted by Gasteiger charge is 2.64. The van der Waals surface area contributed by atoms with Crippen LogP contribution in [0.3, 0.4) is 0 Å². The van der Waals surface area contributed by atoms with Gasteiger partial charge in [0.2, 0.25) is 0 Å². The number of hydrogen-bond donors (Lipinski definition) is 1. The van der Waals surface area contributed by atoms with Crippen molar-refractivity contribution in [2.75, 3.05) is 4.90 Å². The van der Waals surface area contributed by atoms with E-state index in [4.69, 9.17) is 0 Å². The summed E-state index contributed by atoms with van der Waals surface area (Å²) in [4.78, 5) is 31.1. The van der Waals surface area contributed by atoms with E-state index >= 15 is 0 Å². The average Bonchev–Trinajstić information content (AvgIpc) is 3.16. The highest BCUT2D eigenvalue weighted by atomic mass is 32.2. The SMILES string of the molecule is CC1=C(C)C2=C3C(=O)N(c4ccccc4O)C(=O)C3=C3C(C)=C(C)SC3(C)C2(C)S1. The Bertz CT molecular complexity index is 1150. The molecular formula is C24H23NO3S2. The van der Waals surface area contributed by atoms with Crippen molar-refractivity contribution in [1.82, 2.24) is 0 Å². The second-order valence-corrected chi connectivity index (χ2v) is 11.8. The van der Waals surface area contributed by atoms with E-state index in [0.29, 0.717) is 11.1 Å². The Balaban J connectivity index is 1.89. The standard InChI is InChI=1S/C24H23NO3S2/c1-11-13(3)29-23(5)19(11)17-18(20-12(2)14(4)30-24(20,23)6)22(28)25(21(17)27)15-9-7-8-10-16(15)26/h7-10,26H,1-6H3. The maximum Gasteiger partial charge on any atom is 0.266 e. The Morgan fingerprint density at radius 1 is 0.800 bits per heavy atom. The first kappa shape index (κ1) is 19.8. The summed E-state index contributed by atoms with van der Waals surface area (Å²) in [5, 5.41) is 10.4. The van der Waals surface area contributed by atoms with Gasteiger partial charge in [0.15, 0.2) is 0 Å². The molecule has 3 heterocycles. The molecule has 0 aromatic heterocycles. The van der Waals surface area contributed by atoms with Crippen LogP contribution in [0.4, 0.5) is 5.69 Å². The van der Waals surface area contributed by atoms with Gasteiger partial charge in [0, 0.05) is 0 Å². The zero-order valence-corrected chi connectivity index (χ0v) is 19.5. The summed E-state index contributed by atoms with van der Waals surface area (Å²) < 4.78 is -0.715. The number of phenolic OH excluding ortho intramolecular Hbond substituents is 1. The quantitative estimate of drug-likeness (QED) is 0.590. The minimum absolute atomic E-state index is 0.0759. The number of amides is 2. The van der Waals surface area contributed by atoms with E-state index in [-0.39, 0.29) is 32.7 Å². The summed E-state index contributed by atoms with van der Waals surface area (Å²) in [6, 6.07) is 6.53. The number of thioether (sulfide) groups is 2. The Labute approximate surface area is 184 Å². The number of hydrogen-bond acceptors (Lipinski definition) is 5. The molecule has 4 nitrogen and oxygen atoms in total. The average molecular weight is 438 g/mol. The fraction of sp³-hybridized carbons (Fsp3) is 0.333. The van der Waals surface area contributed by atoms with E-state index < -0.39 is 0 Å². The predicted molar refractivity (Wildman–Crippen MR) is 123 cm³/mol. The molecule has 1 fully saturated rings. The molecule has 1 N–H and O–H groups in total. The summed E-state index contributed by atoms with van der Waals surface area (Å²) in [7, 11) is 0. The number of anilines is 1. The number of aromatic hydroxyl groups is 1. The van der Waals surface area contributed by atoms with Crippen LogP contribution >= 0.6 is 23.5 Å². The van der Waals surface area contributed by atoms with Crippen LogP contribution in [0.1, 0.15) is 41.5 Å². The van der Waals surface area contributed by atoms with Gasteiger partial charge < -0.3 is 5.11 Å². The number of nitrogens with zero attached hydrogens (tertiary/aromatic N) is 1. The third-order valence-electron chi connectivity index (χ3n) is 7.09. The maximum absolute atomic E-state index is 13.8. The molecule has 0 bridgehead atoms. The molecule has 1 aromatic carbocycles. The Kier molecular flexibility index (Phi) is 3.92. The predicted octanol–water partition coefficient (Wildman–Crippen LogP) is 5.47. The van der Waals surface area contributed by atoms with Gasteiger partial charge in [-0.05, 0) is 85.8 Å². The van der Waals surface area contributed by atoms with Crippen LogP contribution in [-0.4, -0.2) is 26.4 Å². The van der Waals surface area contributed by atoms with Gasteiger partial charge in [0.05, 0.1) is 26.3 Å². The smallest absolute Gasteiger partial charge is 0.266 e. The first-order valence-corrected chi connectivity index (χ1v) is 11.6. The fourth-order valence-corrected chi connectivity index (χ4v) is 8.62. The third-order valence-corrected chi connectivity index (χ3v) is 10.5. The lowest BCUT2D eigenvalue weighted by atomic mass is 9.68. The molecule has 1 saturated heterocycles. The molecular weight excluding hydrogens is 414 g/mol. The Morgan fingerprint density at radius 3 is 1.67 bits per heavy atom. The largest absolute Gasteiger partial charge is 0.506 e. The van der Waals surface area contributed by atoms with Crippen molar-refractivity contribution in [3.63, 3.8) is 0 Å². The van der Waals surface area contributed by atoms with Crippen molar-refractivity contribution in [3.05, 3.63) is 67.5 Å². The fourth-order valence-electron chi connectivity index (χ4n) is 5.32. The number of rotatable bonds is 1. The van der Waals surface area contributed by atoms with E-state index in [1.807, 2.05) is 0 Å². The summed E-state index contributed by atoms with van der Waals surface area (Å²) in [6.07, 6.45) is 0. The number of allylic oxidation sites excluding steroid dienone is 4. The van der Waals surface area contributed by atoms with Crippen LogP contribution in [-0.2, 0) is 9.59 Å².